The molecule has 0 bridgehead atoms. The molecule has 10 heteroatoms. The largest absolute Gasteiger partial charge is 0.465 e. The monoisotopic (exact) mass is 523 g/mol. The number of carbonyl (C=O) groups excluding carboxylic acids is 2. The zero-order valence-electron chi connectivity index (χ0n) is 20.9. The molecule has 194 valence electrons. The highest BCUT2D eigenvalue weighted by atomic mass is 32.2. The zero-order valence-corrected chi connectivity index (χ0v) is 21.7. The zero-order chi connectivity index (χ0) is 26.6. The topological polar surface area (TPSA) is 119 Å². The van der Waals surface area contributed by atoms with Gasteiger partial charge in [0.25, 0.3) is 0 Å². The van der Waals surface area contributed by atoms with Gasteiger partial charge in [0.05, 0.1) is 12.7 Å². The van der Waals surface area contributed by atoms with Crippen molar-refractivity contribution in [3.05, 3.63) is 76.7 Å². The molecule has 0 atom stereocenters. The average Bonchev–Trinajstić information content (AvgIpc) is 3.29. The highest BCUT2D eigenvalue weighted by Gasteiger charge is 2.36. The van der Waals surface area contributed by atoms with E-state index in [0.29, 0.717) is 29.8 Å². The van der Waals surface area contributed by atoms with Crippen LogP contribution in [0.4, 0.5) is 5.69 Å². The van der Waals surface area contributed by atoms with Gasteiger partial charge in [-0.2, -0.15) is 4.31 Å². The Morgan fingerprint density at radius 2 is 1.68 bits per heavy atom. The van der Waals surface area contributed by atoms with E-state index < -0.39 is 16.0 Å². The molecule has 37 heavy (non-hydrogen) atoms. The molecule has 4 rings (SSSR count). The van der Waals surface area contributed by atoms with Gasteiger partial charge in [0, 0.05) is 24.7 Å². The lowest BCUT2D eigenvalue weighted by atomic mass is 9.97. The van der Waals surface area contributed by atoms with Gasteiger partial charge in [-0.05, 0) is 62.6 Å². The van der Waals surface area contributed by atoms with Gasteiger partial charge in [0.2, 0.25) is 15.9 Å². The average molecular weight is 524 g/mol. The summed E-state index contributed by atoms with van der Waals surface area (Å²) in [5.74, 6) is -0.807. The number of aryl methyl sites for hydroxylation is 2. The van der Waals surface area contributed by atoms with Crippen LogP contribution < -0.4 is 5.32 Å². The number of amides is 1. The van der Waals surface area contributed by atoms with Crippen LogP contribution in [0.15, 0.2) is 57.9 Å². The number of esters is 1. The van der Waals surface area contributed by atoms with Gasteiger partial charge < -0.3 is 14.6 Å². The molecule has 0 aliphatic carbocycles. The number of anilines is 1. The third-order valence-electron chi connectivity index (χ3n) is 6.33. The molecule has 1 aromatic heterocycles. The van der Waals surface area contributed by atoms with E-state index in [0.717, 1.165) is 11.1 Å². The standard InChI is InChI=1S/C27H29N3O6S/c1-18-4-6-20(7-5-18)8-13-24-25(19(2)29-36-24)37(33,34)30-16-14-21(15-17-30)26(31)28-23-11-9-22(10-12-23)27(32)35-3/h4-13,21H,14-17H2,1-3H3,(H,28,31). The molecule has 1 aliphatic heterocycles. The summed E-state index contributed by atoms with van der Waals surface area (Å²) in [6.07, 6.45) is 4.16. The van der Waals surface area contributed by atoms with E-state index in [4.69, 9.17) is 4.52 Å². The SMILES string of the molecule is COC(=O)c1ccc(NC(=O)C2CCN(S(=O)(=O)c3c(C)noc3C=Cc3ccc(C)cc3)CC2)cc1. The minimum absolute atomic E-state index is 0.0458. The summed E-state index contributed by atoms with van der Waals surface area (Å²) in [6.45, 7) is 4.00. The molecular weight excluding hydrogens is 494 g/mol. The third kappa shape index (κ3) is 5.98. The quantitative estimate of drug-likeness (QED) is 0.459. The van der Waals surface area contributed by atoms with E-state index in [2.05, 4.69) is 15.2 Å². The normalized spacial score (nSPS) is 15.1. The number of sulfonamides is 1. The third-order valence-corrected chi connectivity index (χ3v) is 8.39. The molecule has 0 unspecified atom stereocenters. The number of aromatic nitrogens is 1. The Hall–Kier alpha value is -3.76. The predicted octanol–water partition coefficient (Wildman–Crippen LogP) is 4.29. The highest BCUT2D eigenvalue weighted by molar-refractivity contribution is 7.89. The molecule has 2 heterocycles. The first kappa shape index (κ1) is 26.3. The van der Waals surface area contributed by atoms with Crippen LogP contribution in [-0.2, 0) is 19.6 Å². The van der Waals surface area contributed by atoms with Gasteiger partial charge in [-0.3, -0.25) is 4.79 Å². The fraction of sp³-hybridized carbons (Fsp3) is 0.296. The maximum absolute atomic E-state index is 13.5. The van der Waals surface area contributed by atoms with Crippen LogP contribution in [0, 0.1) is 19.8 Å². The lowest BCUT2D eigenvalue weighted by Gasteiger charge is -2.30. The van der Waals surface area contributed by atoms with Crippen molar-refractivity contribution in [2.75, 3.05) is 25.5 Å². The first-order valence-corrected chi connectivity index (χ1v) is 13.3. The fourth-order valence-corrected chi connectivity index (χ4v) is 5.91. The van der Waals surface area contributed by atoms with Crippen molar-refractivity contribution in [1.29, 1.82) is 0 Å². The number of nitrogens with zero attached hydrogens (tertiary/aromatic N) is 2. The van der Waals surface area contributed by atoms with Crippen LogP contribution in [0.2, 0.25) is 0 Å². The van der Waals surface area contributed by atoms with Crippen LogP contribution in [0.3, 0.4) is 0 Å². The second-order valence-electron chi connectivity index (χ2n) is 8.94. The molecule has 0 saturated carbocycles. The molecule has 1 amide bonds. The number of hydrogen-bond donors (Lipinski definition) is 1. The minimum atomic E-state index is -3.86. The highest BCUT2D eigenvalue weighted by Crippen LogP contribution is 2.29. The maximum atomic E-state index is 13.5. The predicted molar refractivity (Wildman–Crippen MR) is 139 cm³/mol. The Kier molecular flexibility index (Phi) is 7.89. The summed E-state index contributed by atoms with van der Waals surface area (Å²) in [7, 11) is -2.56. The van der Waals surface area contributed by atoms with Crippen molar-refractivity contribution in [2.24, 2.45) is 5.92 Å². The second-order valence-corrected chi connectivity index (χ2v) is 10.8. The first-order chi connectivity index (χ1) is 17.7. The van der Waals surface area contributed by atoms with Gasteiger partial charge in [-0.15, -0.1) is 0 Å². The molecule has 1 N–H and O–H groups in total. The fourth-order valence-electron chi connectivity index (χ4n) is 4.19. The van der Waals surface area contributed by atoms with E-state index >= 15 is 0 Å². The van der Waals surface area contributed by atoms with Crippen LogP contribution in [0.1, 0.15) is 45.8 Å². The molecule has 1 saturated heterocycles. The lowest BCUT2D eigenvalue weighted by Crippen LogP contribution is -2.41. The minimum Gasteiger partial charge on any atom is -0.465 e. The molecule has 1 aliphatic rings. The van der Waals surface area contributed by atoms with Crippen molar-refractivity contribution in [3.8, 4) is 0 Å². The van der Waals surface area contributed by atoms with Gasteiger partial charge in [-0.25, -0.2) is 13.2 Å². The second kappa shape index (κ2) is 11.1. The number of piperidine rings is 1. The number of benzene rings is 2. The lowest BCUT2D eigenvalue weighted by molar-refractivity contribution is -0.120. The number of methoxy groups -OCH3 is 1. The van der Waals surface area contributed by atoms with Crippen LogP contribution in [0.5, 0.6) is 0 Å². The van der Waals surface area contributed by atoms with Gasteiger partial charge in [-0.1, -0.05) is 41.1 Å². The molecule has 0 radical (unpaired) electrons. The number of nitrogens with one attached hydrogen (secondary N) is 1. The Morgan fingerprint density at radius 3 is 2.30 bits per heavy atom. The molecule has 2 aromatic carbocycles. The number of ether oxygens (including phenoxy) is 1. The summed E-state index contributed by atoms with van der Waals surface area (Å²) < 4.78 is 38.4. The van der Waals surface area contributed by atoms with Crippen molar-refractivity contribution >= 4 is 39.7 Å². The van der Waals surface area contributed by atoms with E-state index in [1.54, 1.807) is 43.3 Å². The summed E-state index contributed by atoms with van der Waals surface area (Å²) in [5.41, 5.74) is 3.27. The van der Waals surface area contributed by atoms with E-state index in [1.807, 2.05) is 31.2 Å². The molecule has 1 fully saturated rings. The van der Waals surface area contributed by atoms with Crippen molar-refractivity contribution in [3.63, 3.8) is 0 Å². The van der Waals surface area contributed by atoms with Gasteiger partial charge in [0.15, 0.2) is 10.7 Å². The van der Waals surface area contributed by atoms with Crippen molar-refractivity contribution in [2.45, 2.75) is 31.6 Å². The molecule has 9 nitrogen and oxygen atoms in total. The summed E-state index contributed by atoms with van der Waals surface area (Å²) in [6, 6.07) is 14.2. The van der Waals surface area contributed by atoms with Crippen LogP contribution >= 0.6 is 0 Å². The Bertz CT molecular complexity index is 1400. The summed E-state index contributed by atoms with van der Waals surface area (Å²) in [4.78, 5) is 24.4. The van der Waals surface area contributed by atoms with Crippen molar-refractivity contribution in [1.82, 2.24) is 9.46 Å². The van der Waals surface area contributed by atoms with Gasteiger partial charge >= 0.3 is 5.97 Å². The number of hydrogen-bond acceptors (Lipinski definition) is 7. The van der Waals surface area contributed by atoms with E-state index in [-0.39, 0.29) is 35.6 Å². The molecule has 0 spiro atoms. The summed E-state index contributed by atoms with van der Waals surface area (Å²) in [5, 5.41) is 6.73. The smallest absolute Gasteiger partial charge is 0.337 e. The van der Waals surface area contributed by atoms with Crippen LogP contribution in [0.25, 0.3) is 12.2 Å². The summed E-state index contributed by atoms with van der Waals surface area (Å²) >= 11 is 0. The van der Waals surface area contributed by atoms with E-state index in [1.165, 1.54) is 11.4 Å². The molecular formula is C27H29N3O6S. The molecule has 3 aromatic rings. The number of rotatable bonds is 7. The van der Waals surface area contributed by atoms with Gasteiger partial charge in [0.1, 0.15) is 5.69 Å². The van der Waals surface area contributed by atoms with Crippen molar-refractivity contribution < 1.29 is 27.3 Å². The Labute approximate surface area is 216 Å². The Balaban J connectivity index is 1.40. The van der Waals surface area contributed by atoms with Crippen LogP contribution in [-0.4, -0.2) is 50.0 Å². The van der Waals surface area contributed by atoms with E-state index in [9.17, 15) is 18.0 Å². The maximum Gasteiger partial charge on any atom is 0.337 e. The number of carbonyl (C=O) groups is 2. The first-order valence-electron chi connectivity index (χ1n) is 11.9. The Morgan fingerprint density at radius 1 is 1.03 bits per heavy atom.